The summed E-state index contributed by atoms with van der Waals surface area (Å²) in [4.78, 5) is 24.4. The fourth-order valence-electron chi connectivity index (χ4n) is 2.60. The van der Waals surface area contributed by atoms with E-state index in [2.05, 4.69) is 0 Å². The minimum Gasteiger partial charge on any atom is -0.478 e. The number of carboxylic acids is 1. The Morgan fingerprint density at radius 3 is 2.50 bits per heavy atom. The molecule has 20 heavy (non-hydrogen) atoms. The van der Waals surface area contributed by atoms with Crippen LogP contribution in [0.1, 0.15) is 12.8 Å². The number of aliphatic carboxylic acids is 1. The summed E-state index contributed by atoms with van der Waals surface area (Å²) in [6.07, 6.45) is 3.11. The summed E-state index contributed by atoms with van der Waals surface area (Å²) < 4.78 is 40.6. The molecule has 3 aliphatic rings. The third-order valence-electron chi connectivity index (χ3n) is 3.71. The van der Waals surface area contributed by atoms with Crippen molar-refractivity contribution >= 4 is 11.8 Å². The van der Waals surface area contributed by atoms with Gasteiger partial charge in [0.15, 0.2) is 23.3 Å². The van der Waals surface area contributed by atoms with Crippen LogP contribution in [0.5, 0.6) is 0 Å². The van der Waals surface area contributed by atoms with Crippen LogP contribution in [0.25, 0.3) is 0 Å². The van der Waals surface area contributed by atoms with Crippen LogP contribution in [-0.4, -0.2) is 33.8 Å². The third kappa shape index (κ3) is 1.76. The molecule has 1 fully saturated rings. The maximum atomic E-state index is 14.0. The molecule has 0 saturated heterocycles. The van der Waals surface area contributed by atoms with E-state index in [9.17, 15) is 22.8 Å². The molecule has 1 saturated carbocycles. The van der Waals surface area contributed by atoms with Crippen molar-refractivity contribution in [2.24, 2.45) is 5.92 Å². The van der Waals surface area contributed by atoms with Crippen LogP contribution >= 0.6 is 0 Å². The summed E-state index contributed by atoms with van der Waals surface area (Å²) in [6.45, 7) is 0. The predicted molar refractivity (Wildman–Crippen MR) is 61.3 cm³/mol. The molecule has 2 aliphatic carbocycles. The van der Waals surface area contributed by atoms with E-state index in [0.29, 0.717) is 18.9 Å². The van der Waals surface area contributed by atoms with Crippen LogP contribution < -0.4 is 0 Å². The van der Waals surface area contributed by atoms with Crippen molar-refractivity contribution in [2.45, 2.75) is 24.9 Å². The summed E-state index contributed by atoms with van der Waals surface area (Å²) >= 11 is 0. The number of halogens is 3. The second-order valence-electron chi connectivity index (χ2n) is 5.04. The third-order valence-corrected chi connectivity index (χ3v) is 3.71. The minimum absolute atomic E-state index is 0.141. The first-order valence-corrected chi connectivity index (χ1v) is 6.11. The number of allylic oxidation sites excluding steroid dienone is 2. The standard InChI is InChI=1S/C13H10F3NO3/c14-8-3-6-11(10(16)9(8)15)17(5-1-2-5)4-7(12(6)18)13(19)20/h3-6,11H,1-2H2,(H,19,20). The second-order valence-corrected chi connectivity index (χ2v) is 5.04. The molecule has 3 rings (SSSR count). The van der Waals surface area contributed by atoms with Gasteiger partial charge in [-0.15, -0.1) is 0 Å². The number of hydrogen-bond acceptors (Lipinski definition) is 3. The van der Waals surface area contributed by atoms with E-state index >= 15 is 0 Å². The lowest BCUT2D eigenvalue weighted by Crippen LogP contribution is -2.48. The van der Waals surface area contributed by atoms with Crippen molar-refractivity contribution in [3.63, 3.8) is 0 Å². The summed E-state index contributed by atoms with van der Waals surface area (Å²) in [5, 5.41) is 8.99. The van der Waals surface area contributed by atoms with Gasteiger partial charge in [0.2, 0.25) is 0 Å². The number of Topliss-reactive ketones (excluding diaryl/α,β-unsaturated/α-hetero) is 1. The number of nitrogens with zero attached hydrogens (tertiary/aromatic N) is 1. The first-order valence-electron chi connectivity index (χ1n) is 6.11. The van der Waals surface area contributed by atoms with Gasteiger partial charge in [-0.25, -0.2) is 18.0 Å². The molecule has 7 heteroatoms. The molecule has 0 aromatic carbocycles. The second kappa shape index (κ2) is 4.22. The fraction of sp³-hybridized carbons (Fsp3) is 0.385. The molecule has 1 aliphatic heterocycles. The normalized spacial score (nSPS) is 29.9. The summed E-state index contributed by atoms with van der Waals surface area (Å²) in [5.41, 5.74) is -0.530. The van der Waals surface area contributed by atoms with Crippen molar-refractivity contribution in [3.05, 3.63) is 35.3 Å². The lowest BCUT2D eigenvalue weighted by Gasteiger charge is -2.39. The zero-order valence-electron chi connectivity index (χ0n) is 10.1. The molecular weight excluding hydrogens is 275 g/mol. The molecule has 0 radical (unpaired) electrons. The van der Waals surface area contributed by atoms with Gasteiger partial charge in [-0.3, -0.25) is 4.79 Å². The Morgan fingerprint density at radius 1 is 1.30 bits per heavy atom. The Labute approximate surface area is 111 Å². The highest BCUT2D eigenvalue weighted by atomic mass is 19.2. The number of hydrogen-bond donors (Lipinski definition) is 1. The Kier molecular flexibility index (Phi) is 2.74. The van der Waals surface area contributed by atoms with E-state index in [4.69, 9.17) is 5.11 Å². The van der Waals surface area contributed by atoms with Gasteiger partial charge in [0.1, 0.15) is 5.57 Å². The van der Waals surface area contributed by atoms with Gasteiger partial charge in [0.05, 0.1) is 12.0 Å². The molecule has 2 atom stereocenters. The van der Waals surface area contributed by atoms with E-state index in [1.165, 1.54) is 4.90 Å². The average molecular weight is 285 g/mol. The summed E-state index contributed by atoms with van der Waals surface area (Å²) in [5.74, 6) is -8.13. The van der Waals surface area contributed by atoms with Crippen LogP contribution in [0.4, 0.5) is 13.2 Å². The van der Waals surface area contributed by atoms with Crippen molar-refractivity contribution in [2.75, 3.05) is 0 Å². The van der Waals surface area contributed by atoms with Gasteiger partial charge in [0.25, 0.3) is 0 Å². The van der Waals surface area contributed by atoms with Crippen molar-refractivity contribution in [1.82, 2.24) is 4.90 Å². The van der Waals surface area contributed by atoms with Gasteiger partial charge in [-0.2, -0.15) is 0 Å². The van der Waals surface area contributed by atoms with Crippen LogP contribution in [0.2, 0.25) is 0 Å². The molecule has 0 amide bonds. The smallest absolute Gasteiger partial charge is 0.340 e. The SMILES string of the molecule is O=C(O)C1=CN(C2CC2)C2C(F)=C(F)C(F)=CC2C1=O. The molecule has 1 heterocycles. The van der Waals surface area contributed by atoms with Gasteiger partial charge in [-0.1, -0.05) is 0 Å². The Hall–Kier alpha value is -2.05. The molecule has 4 nitrogen and oxygen atoms in total. The quantitative estimate of drug-likeness (QED) is 0.788. The molecule has 0 spiro atoms. The Balaban J connectivity index is 2.12. The topological polar surface area (TPSA) is 57.6 Å². The molecular formula is C13H10F3NO3. The molecule has 0 aromatic heterocycles. The van der Waals surface area contributed by atoms with Crippen LogP contribution in [-0.2, 0) is 9.59 Å². The number of ketones is 1. The zero-order valence-corrected chi connectivity index (χ0v) is 10.1. The van der Waals surface area contributed by atoms with E-state index in [-0.39, 0.29) is 6.04 Å². The van der Waals surface area contributed by atoms with Crippen molar-refractivity contribution in [1.29, 1.82) is 0 Å². The zero-order chi connectivity index (χ0) is 14.6. The minimum atomic E-state index is -1.61. The highest BCUT2D eigenvalue weighted by molar-refractivity contribution is 6.18. The van der Waals surface area contributed by atoms with E-state index < -0.39 is 46.8 Å². The highest BCUT2D eigenvalue weighted by Crippen LogP contribution is 2.43. The van der Waals surface area contributed by atoms with Gasteiger partial charge in [0, 0.05) is 12.2 Å². The largest absolute Gasteiger partial charge is 0.478 e. The van der Waals surface area contributed by atoms with Crippen LogP contribution in [0, 0.1) is 5.92 Å². The monoisotopic (exact) mass is 285 g/mol. The maximum Gasteiger partial charge on any atom is 0.340 e. The molecule has 106 valence electrons. The van der Waals surface area contributed by atoms with Crippen LogP contribution in [0.15, 0.2) is 35.3 Å². The number of carbonyl (C=O) groups excluding carboxylic acids is 1. The maximum absolute atomic E-state index is 14.0. The Morgan fingerprint density at radius 2 is 1.95 bits per heavy atom. The van der Waals surface area contributed by atoms with Crippen molar-refractivity contribution < 1.29 is 27.9 Å². The molecule has 0 bridgehead atoms. The number of carboxylic acid groups (broad SMARTS) is 1. The highest BCUT2D eigenvalue weighted by Gasteiger charge is 2.49. The lowest BCUT2D eigenvalue weighted by atomic mass is 9.82. The van der Waals surface area contributed by atoms with Gasteiger partial charge >= 0.3 is 5.97 Å². The fourth-order valence-corrected chi connectivity index (χ4v) is 2.60. The first kappa shape index (κ1) is 13.0. The molecule has 2 unspecified atom stereocenters. The molecule has 1 N–H and O–H groups in total. The van der Waals surface area contributed by atoms with Crippen molar-refractivity contribution in [3.8, 4) is 0 Å². The average Bonchev–Trinajstić information content (AvgIpc) is 3.21. The van der Waals surface area contributed by atoms with E-state index in [0.717, 1.165) is 6.20 Å². The van der Waals surface area contributed by atoms with Gasteiger partial charge in [-0.05, 0) is 18.9 Å². The summed E-state index contributed by atoms with van der Waals surface area (Å²) in [7, 11) is 0. The first-order chi connectivity index (χ1) is 9.41. The van der Waals surface area contributed by atoms with Crippen LogP contribution in [0.3, 0.4) is 0 Å². The summed E-state index contributed by atoms with van der Waals surface area (Å²) in [6, 6.07) is -1.42. The number of fused-ring (bicyclic) bond motifs is 1. The number of rotatable bonds is 2. The molecule has 0 aromatic rings. The lowest BCUT2D eigenvalue weighted by molar-refractivity contribution is -0.136. The Bertz CT molecular complexity index is 604. The number of carbonyl (C=O) groups is 2. The van der Waals surface area contributed by atoms with E-state index in [1.54, 1.807) is 0 Å². The van der Waals surface area contributed by atoms with Gasteiger partial charge < -0.3 is 10.0 Å². The van der Waals surface area contributed by atoms with E-state index in [1.807, 2.05) is 0 Å². The predicted octanol–water partition coefficient (Wildman–Crippen LogP) is 2.00.